The Morgan fingerprint density at radius 1 is 0.510 bits per heavy atom. The van der Waals surface area contributed by atoms with E-state index in [9.17, 15) is 0 Å². The number of aryl methyl sites for hydroxylation is 2. The van der Waals surface area contributed by atoms with Gasteiger partial charge in [-0.1, -0.05) is 117 Å². The average Bonchev–Trinajstić information content (AvgIpc) is 3.70. The van der Waals surface area contributed by atoms with Gasteiger partial charge in [0.1, 0.15) is 0 Å². The number of hydrogen-bond donors (Lipinski definition) is 1. The number of hydrogen-bond acceptors (Lipinski definition) is 1. The van der Waals surface area contributed by atoms with Crippen LogP contribution in [0.1, 0.15) is 78.8 Å². The number of aromatic amines is 1. The van der Waals surface area contributed by atoms with Crippen molar-refractivity contribution in [2.75, 3.05) is 0 Å². The van der Waals surface area contributed by atoms with Gasteiger partial charge in [0.25, 0.3) is 0 Å². The minimum atomic E-state index is 1.02. The van der Waals surface area contributed by atoms with Crippen LogP contribution >= 0.6 is 11.3 Å². The average molecular weight is 650 g/mol. The Labute approximate surface area is 293 Å². The topological polar surface area (TPSA) is 15.8 Å². The van der Waals surface area contributed by atoms with E-state index >= 15 is 0 Å². The van der Waals surface area contributed by atoms with Crippen LogP contribution in [-0.4, -0.2) is 4.98 Å². The Morgan fingerprint density at radius 3 is 1.80 bits per heavy atom. The summed E-state index contributed by atoms with van der Waals surface area (Å²) in [7, 11) is 0. The summed E-state index contributed by atoms with van der Waals surface area (Å²) < 4.78 is 2.62. The Kier molecular flexibility index (Phi) is 8.66. The molecule has 1 nitrogen and oxygen atoms in total. The van der Waals surface area contributed by atoms with Crippen molar-refractivity contribution in [3.8, 4) is 23.7 Å². The molecule has 1 N–H and O–H groups in total. The van der Waals surface area contributed by atoms with Crippen LogP contribution in [0.15, 0.2) is 109 Å². The summed E-state index contributed by atoms with van der Waals surface area (Å²) in [4.78, 5) is 3.73. The van der Waals surface area contributed by atoms with E-state index in [0.717, 1.165) is 34.2 Å². The highest BCUT2D eigenvalue weighted by Gasteiger charge is 2.13. The highest BCUT2D eigenvalue weighted by molar-refractivity contribution is 7.26. The van der Waals surface area contributed by atoms with Gasteiger partial charge in [-0.25, -0.2) is 0 Å². The Morgan fingerprint density at radius 2 is 1.06 bits per heavy atom. The van der Waals surface area contributed by atoms with Crippen molar-refractivity contribution >= 4 is 64.1 Å². The molecule has 0 bridgehead atoms. The second kappa shape index (κ2) is 13.7. The lowest BCUT2D eigenvalue weighted by Gasteiger charge is -2.02. The quantitative estimate of drug-likeness (QED) is 0.131. The molecule has 2 heterocycles. The van der Waals surface area contributed by atoms with Crippen LogP contribution in [0.5, 0.6) is 0 Å². The number of nitrogens with one attached hydrogen (secondary N) is 1. The van der Waals surface area contributed by atoms with Gasteiger partial charge >= 0.3 is 0 Å². The lowest BCUT2D eigenvalue weighted by atomic mass is 10.0. The summed E-state index contributed by atoms with van der Waals surface area (Å²) in [6.07, 6.45) is 9.17. The Bertz CT molecular complexity index is 2590. The van der Waals surface area contributed by atoms with Crippen molar-refractivity contribution in [3.63, 3.8) is 0 Å². The Hall–Kier alpha value is -5.28. The van der Waals surface area contributed by atoms with E-state index in [2.05, 4.69) is 152 Å². The van der Waals surface area contributed by atoms with Crippen LogP contribution in [0.4, 0.5) is 0 Å². The third-order valence-electron chi connectivity index (χ3n) is 9.73. The van der Waals surface area contributed by atoms with Crippen LogP contribution in [0, 0.1) is 30.6 Å². The first-order valence-electron chi connectivity index (χ1n) is 17.7. The molecule has 0 aliphatic carbocycles. The summed E-state index contributed by atoms with van der Waals surface area (Å²) in [5.41, 5.74) is 9.15. The first-order chi connectivity index (χ1) is 24.1. The second-order valence-electron chi connectivity index (χ2n) is 13.3. The summed E-state index contributed by atoms with van der Waals surface area (Å²) in [6, 6.07) is 39.5. The van der Waals surface area contributed by atoms with Crippen LogP contribution in [0.3, 0.4) is 0 Å². The van der Waals surface area contributed by atoms with E-state index in [1.807, 2.05) is 11.3 Å². The Balaban J connectivity index is 1.06. The van der Waals surface area contributed by atoms with Crippen LogP contribution in [0.25, 0.3) is 52.8 Å². The van der Waals surface area contributed by atoms with Crippen LogP contribution < -0.4 is 0 Å². The van der Waals surface area contributed by atoms with Crippen molar-refractivity contribution in [1.82, 2.24) is 4.98 Å². The predicted octanol–water partition coefficient (Wildman–Crippen LogP) is 12.9. The van der Waals surface area contributed by atoms with Crippen molar-refractivity contribution in [3.05, 3.63) is 143 Å². The van der Waals surface area contributed by atoms with E-state index in [1.54, 1.807) is 0 Å². The number of rotatable bonds is 7. The maximum absolute atomic E-state index is 3.73. The third-order valence-corrected chi connectivity index (χ3v) is 10.9. The maximum atomic E-state index is 3.73. The van der Waals surface area contributed by atoms with Gasteiger partial charge in [-0.2, -0.15) is 0 Å². The minimum Gasteiger partial charge on any atom is -0.354 e. The standard InChI is InChI=1S/C47H39NS/c1-3-4-5-6-7-8-9-33-14-16-35(17-15-33)19-21-37-23-29-45-43(31-37)41-27-24-38-40(47(41)49-45)26-25-39-42-30-36(22-28-44(42)48-46(38)39)20-18-34-12-10-32(2)11-13-34/h10-17,22-31,48H,3-9H2,1-2H3. The molecule has 0 aliphatic rings. The zero-order chi connectivity index (χ0) is 33.2. The molecule has 0 amide bonds. The van der Waals surface area contributed by atoms with E-state index in [1.165, 1.54) is 96.9 Å². The zero-order valence-electron chi connectivity index (χ0n) is 28.3. The molecule has 0 aliphatic heterocycles. The van der Waals surface area contributed by atoms with E-state index in [-0.39, 0.29) is 0 Å². The van der Waals surface area contributed by atoms with Gasteiger partial charge in [0.05, 0.1) is 5.52 Å². The van der Waals surface area contributed by atoms with Crippen molar-refractivity contribution in [2.45, 2.75) is 58.8 Å². The lowest BCUT2D eigenvalue weighted by molar-refractivity contribution is 0.607. The molecule has 8 rings (SSSR count). The lowest BCUT2D eigenvalue weighted by Crippen LogP contribution is -1.87. The smallest absolute Gasteiger partial charge is 0.0545 e. The van der Waals surface area contributed by atoms with Gasteiger partial charge in [0.15, 0.2) is 0 Å². The fourth-order valence-electron chi connectivity index (χ4n) is 6.95. The second-order valence-corrected chi connectivity index (χ2v) is 14.4. The molecular formula is C47H39NS. The third kappa shape index (κ3) is 6.46. The zero-order valence-corrected chi connectivity index (χ0v) is 29.1. The molecule has 0 fully saturated rings. The fourth-order valence-corrected chi connectivity index (χ4v) is 8.17. The van der Waals surface area contributed by atoms with Gasteiger partial charge < -0.3 is 4.98 Å². The molecule has 2 heteroatoms. The molecule has 0 atom stereocenters. The highest BCUT2D eigenvalue weighted by atomic mass is 32.1. The number of benzene rings is 6. The number of aromatic nitrogens is 1. The van der Waals surface area contributed by atoms with Crippen molar-refractivity contribution in [2.24, 2.45) is 0 Å². The van der Waals surface area contributed by atoms with Crippen LogP contribution in [0.2, 0.25) is 0 Å². The molecule has 0 unspecified atom stereocenters. The molecular weight excluding hydrogens is 611 g/mol. The summed E-state index contributed by atoms with van der Waals surface area (Å²) in [5, 5.41) is 7.54. The van der Waals surface area contributed by atoms with Gasteiger partial charge in [-0.3, -0.25) is 0 Å². The molecule has 0 saturated carbocycles. The van der Waals surface area contributed by atoms with Crippen molar-refractivity contribution in [1.29, 1.82) is 0 Å². The van der Waals surface area contributed by atoms with E-state index < -0.39 is 0 Å². The number of thiophene rings is 1. The van der Waals surface area contributed by atoms with E-state index in [0.29, 0.717) is 0 Å². The molecule has 49 heavy (non-hydrogen) atoms. The molecule has 6 aromatic carbocycles. The van der Waals surface area contributed by atoms with Gasteiger partial charge in [-0.15, -0.1) is 11.3 Å². The normalized spacial score (nSPS) is 11.3. The maximum Gasteiger partial charge on any atom is 0.0545 e. The van der Waals surface area contributed by atoms with E-state index in [4.69, 9.17) is 0 Å². The first kappa shape index (κ1) is 31.0. The number of fused-ring (bicyclic) bond motifs is 9. The summed E-state index contributed by atoms with van der Waals surface area (Å²) in [5.74, 6) is 13.5. The van der Waals surface area contributed by atoms with Gasteiger partial charge in [0, 0.05) is 69.5 Å². The summed E-state index contributed by atoms with van der Waals surface area (Å²) >= 11 is 1.87. The molecule has 0 spiro atoms. The largest absolute Gasteiger partial charge is 0.354 e. The first-order valence-corrected chi connectivity index (χ1v) is 18.5. The monoisotopic (exact) mass is 649 g/mol. The molecule has 238 valence electrons. The van der Waals surface area contributed by atoms with Crippen molar-refractivity contribution < 1.29 is 0 Å². The number of H-pyrrole nitrogens is 1. The fraction of sp³-hybridized carbons (Fsp3) is 0.191. The van der Waals surface area contributed by atoms with Gasteiger partial charge in [0.2, 0.25) is 0 Å². The minimum absolute atomic E-state index is 1.02. The van der Waals surface area contributed by atoms with Crippen LogP contribution in [-0.2, 0) is 6.42 Å². The van der Waals surface area contributed by atoms with Gasteiger partial charge in [-0.05, 0) is 86.0 Å². The summed E-state index contributed by atoms with van der Waals surface area (Å²) in [6.45, 7) is 4.37. The number of unbranched alkanes of at least 4 members (excludes halogenated alkanes) is 5. The molecule has 0 radical (unpaired) electrons. The molecule has 0 saturated heterocycles. The SMILES string of the molecule is CCCCCCCCc1ccc(C#Cc2ccc3sc4c(ccc5c4ccc4c6cc(C#Cc7ccc(C)cc7)ccc6[nH]c45)c3c2)cc1. The highest BCUT2D eigenvalue weighted by Crippen LogP contribution is 2.41. The predicted molar refractivity (Wildman–Crippen MR) is 213 cm³/mol. The molecule has 2 aromatic heterocycles. The molecule has 8 aromatic rings.